The first kappa shape index (κ1) is 15.0. The van der Waals surface area contributed by atoms with E-state index in [2.05, 4.69) is 15.9 Å². The van der Waals surface area contributed by atoms with Gasteiger partial charge < -0.3 is 15.7 Å². The van der Waals surface area contributed by atoms with Crippen LogP contribution in [-0.4, -0.2) is 35.1 Å². The predicted molar refractivity (Wildman–Crippen MR) is 76.4 cm³/mol. The van der Waals surface area contributed by atoms with Crippen LogP contribution in [0.25, 0.3) is 0 Å². The molecule has 1 amide bonds. The molecule has 3 N–H and O–H groups in total. The molecule has 0 unspecified atom stereocenters. The normalized spacial score (nSPS) is 10.7. The van der Waals surface area contributed by atoms with Crippen molar-refractivity contribution in [2.24, 2.45) is 0 Å². The fourth-order valence-corrected chi connectivity index (χ4v) is 1.92. The minimum Gasteiger partial charge on any atom is -0.398 e. The zero-order valence-electron chi connectivity index (χ0n) is 10.7. The van der Waals surface area contributed by atoms with Gasteiger partial charge in [0.2, 0.25) is 0 Å². The smallest absolute Gasteiger partial charge is 0.254 e. The van der Waals surface area contributed by atoms with Gasteiger partial charge in [0, 0.05) is 34.9 Å². The zero-order valence-corrected chi connectivity index (χ0v) is 12.3. The predicted octanol–water partition coefficient (Wildman–Crippen LogP) is 2.26. The van der Waals surface area contributed by atoms with Crippen molar-refractivity contribution in [2.75, 3.05) is 18.9 Å². The lowest BCUT2D eigenvalue weighted by Crippen LogP contribution is -2.38. The molecule has 0 heterocycles. The second-order valence-electron chi connectivity index (χ2n) is 4.41. The Hall–Kier alpha value is -1.07. The van der Waals surface area contributed by atoms with E-state index in [1.165, 1.54) is 0 Å². The summed E-state index contributed by atoms with van der Waals surface area (Å²) in [6.07, 6.45) is 0.579. The number of benzene rings is 1. The van der Waals surface area contributed by atoms with Gasteiger partial charge in [-0.15, -0.1) is 0 Å². The average Bonchev–Trinajstić information content (AvgIpc) is 2.32. The number of halogens is 1. The lowest BCUT2D eigenvalue weighted by molar-refractivity contribution is 0.0693. The largest absolute Gasteiger partial charge is 0.398 e. The molecule has 1 aromatic rings. The molecule has 0 saturated heterocycles. The minimum atomic E-state index is -0.0577. The van der Waals surface area contributed by atoms with Crippen LogP contribution in [0.2, 0.25) is 0 Å². The summed E-state index contributed by atoms with van der Waals surface area (Å²) < 4.78 is 0.783. The summed E-state index contributed by atoms with van der Waals surface area (Å²) >= 11 is 3.30. The highest BCUT2D eigenvalue weighted by Crippen LogP contribution is 2.21. The molecule has 0 spiro atoms. The number of nitrogens with two attached hydrogens (primary N) is 1. The van der Waals surface area contributed by atoms with Crippen LogP contribution in [0.5, 0.6) is 0 Å². The van der Waals surface area contributed by atoms with Crippen molar-refractivity contribution >= 4 is 27.5 Å². The number of carbonyl (C=O) groups is 1. The van der Waals surface area contributed by atoms with E-state index in [0.29, 0.717) is 24.2 Å². The summed E-state index contributed by atoms with van der Waals surface area (Å²) in [5.74, 6) is -0.0577. The minimum absolute atomic E-state index is 0.0577. The molecule has 0 aliphatic carbocycles. The molecule has 0 radical (unpaired) electrons. The van der Waals surface area contributed by atoms with Gasteiger partial charge in [0.1, 0.15) is 0 Å². The number of nitrogens with zero attached hydrogens (tertiary/aromatic N) is 1. The maximum atomic E-state index is 12.3. The molecule has 1 aromatic carbocycles. The van der Waals surface area contributed by atoms with Crippen LogP contribution < -0.4 is 5.73 Å². The molecule has 0 saturated carbocycles. The second kappa shape index (κ2) is 6.75. The summed E-state index contributed by atoms with van der Waals surface area (Å²) in [5.41, 5.74) is 6.90. The van der Waals surface area contributed by atoms with Crippen molar-refractivity contribution < 1.29 is 9.90 Å². The standard InChI is InChI=1S/C13H19BrN2O2/c1-9(2)16(6-3-7-17)13(18)10-4-5-11(14)12(15)8-10/h4-5,8-9,17H,3,6-7,15H2,1-2H3. The van der Waals surface area contributed by atoms with Crippen molar-refractivity contribution in [1.29, 1.82) is 0 Å². The summed E-state index contributed by atoms with van der Waals surface area (Å²) in [4.78, 5) is 14.1. The van der Waals surface area contributed by atoms with Crippen LogP contribution in [0, 0.1) is 0 Å². The quantitative estimate of drug-likeness (QED) is 0.819. The SMILES string of the molecule is CC(C)N(CCCO)C(=O)c1ccc(Br)c(N)c1. The third-order valence-electron chi connectivity index (χ3n) is 2.68. The number of amides is 1. The first-order valence-corrected chi connectivity index (χ1v) is 6.73. The maximum absolute atomic E-state index is 12.3. The lowest BCUT2D eigenvalue weighted by atomic mass is 10.1. The third kappa shape index (κ3) is 3.71. The number of hydrogen-bond donors (Lipinski definition) is 2. The Morgan fingerprint density at radius 3 is 2.67 bits per heavy atom. The molecule has 0 fully saturated rings. The monoisotopic (exact) mass is 314 g/mol. The molecule has 18 heavy (non-hydrogen) atoms. The van der Waals surface area contributed by atoms with E-state index >= 15 is 0 Å². The number of aliphatic hydroxyl groups is 1. The molecule has 100 valence electrons. The molecular formula is C13H19BrN2O2. The molecule has 0 bridgehead atoms. The van der Waals surface area contributed by atoms with Gasteiger partial charge in [-0.25, -0.2) is 0 Å². The van der Waals surface area contributed by atoms with E-state index in [1.54, 1.807) is 23.1 Å². The Kier molecular flexibility index (Phi) is 5.62. The van der Waals surface area contributed by atoms with Gasteiger partial charge in [-0.05, 0) is 54.4 Å². The van der Waals surface area contributed by atoms with Gasteiger partial charge in [-0.1, -0.05) is 0 Å². The van der Waals surface area contributed by atoms with Crippen LogP contribution in [0.3, 0.4) is 0 Å². The van der Waals surface area contributed by atoms with Crippen molar-refractivity contribution in [1.82, 2.24) is 4.90 Å². The van der Waals surface area contributed by atoms with Crippen molar-refractivity contribution in [3.05, 3.63) is 28.2 Å². The third-order valence-corrected chi connectivity index (χ3v) is 3.41. The van der Waals surface area contributed by atoms with Gasteiger partial charge in [0.15, 0.2) is 0 Å². The number of anilines is 1. The number of rotatable bonds is 5. The summed E-state index contributed by atoms with van der Waals surface area (Å²) in [5, 5.41) is 8.87. The first-order chi connectivity index (χ1) is 8.47. The first-order valence-electron chi connectivity index (χ1n) is 5.94. The van der Waals surface area contributed by atoms with Gasteiger partial charge in [0.05, 0.1) is 0 Å². The van der Waals surface area contributed by atoms with Crippen molar-refractivity contribution in [3.63, 3.8) is 0 Å². The van der Waals surface area contributed by atoms with E-state index in [-0.39, 0.29) is 18.6 Å². The van der Waals surface area contributed by atoms with E-state index in [9.17, 15) is 4.79 Å². The molecule has 0 atom stereocenters. The van der Waals surface area contributed by atoms with Crippen LogP contribution in [-0.2, 0) is 0 Å². The highest BCUT2D eigenvalue weighted by Gasteiger charge is 2.18. The highest BCUT2D eigenvalue weighted by molar-refractivity contribution is 9.10. The van der Waals surface area contributed by atoms with Crippen molar-refractivity contribution in [3.8, 4) is 0 Å². The second-order valence-corrected chi connectivity index (χ2v) is 5.26. The van der Waals surface area contributed by atoms with Crippen molar-refractivity contribution in [2.45, 2.75) is 26.3 Å². The molecule has 1 rings (SSSR count). The average molecular weight is 315 g/mol. The van der Waals surface area contributed by atoms with Crippen LogP contribution in [0.4, 0.5) is 5.69 Å². The van der Waals surface area contributed by atoms with Crippen LogP contribution >= 0.6 is 15.9 Å². The molecule has 0 aliphatic heterocycles. The number of nitrogen functional groups attached to an aromatic ring is 1. The Balaban J connectivity index is 2.91. The zero-order chi connectivity index (χ0) is 13.7. The van der Waals surface area contributed by atoms with Gasteiger partial charge in [-0.3, -0.25) is 4.79 Å². The Morgan fingerprint density at radius 2 is 2.17 bits per heavy atom. The summed E-state index contributed by atoms with van der Waals surface area (Å²) in [6.45, 7) is 4.54. The van der Waals surface area contributed by atoms with E-state index in [1.807, 2.05) is 13.8 Å². The summed E-state index contributed by atoms with van der Waals surface area (Å²) in [6, 6.07) is 5.28. The van der Waals surface area contributed by atoms with Gasteiger partial charge in [0.25, 0.3) is 5.91 Å². The molecular weight excluding hydrogens is 296 g/mol. The summed E-state index contributed by atoms with van der Waals surface area (Å²) in [7, 11) is 0. The van der Waals surface area contributed by atoms with E-state index in [0.717, 1.165) is 4.47 Å². The number of aliphatic hydroxyl groups excluding tert-OH is 1. The molecule has 4 nitrogen and oxygen atoms in total. The fraction of sp³-hybridized carbons (Fsp3) is 0.462. The Morgan fingerprint density at radius 1 is 1.50 bits per heavy atom. The lowest BCUT2D eigenvalue weighted by Gasteiger charge is -2.26. The van der Waals surface area contributed by atoms with E-state index < -0.39 is 0 Å². The highest BCUT2D eigenvalue weighted by atomic mass is 79.9. The Bertz CT molecular complexity index is 421. The van der Waals surface area contributed by atoms with Crippen LogP contribution in [0.1, 0.15) is 30.6 Å². The number of carbonyl (C=O) groups excluding carboxylic acids is 1. The molecule has 5 heteroatoms. The Labute approximate surface area is 116 Å². The van der Waals surface area contributed by atoms with Gasteiger partial charge >= 0.3 is 0 Å². The van der Waals surface area contributed by atoms with Crippen LogP contribution in [0.15, 0.2) is 22.7 Å². The number of hydrogen-bond acceptors (Lipinski definition) is 3. The topological polar surface area (TPSA) is 66.6 Å². The maximum Gasteiger partial charge on any atom is 0.254 e. The molecule has 0 aliphatic rings. The molecule has 0 aromatic heterocycles. The fourth-order valence-electron chi connectivity index (χ4n) is 1.68. The van der Waals surface area contributed by atoms with E-state index in [4.69, 9.17) is 10.8 Å². The van der Waals surface area contributed by atoms with Gasteiger partial charge in [-0.2, -0.15) is 0 Å².